The van der Waals surface area contributed by atoms with Crippen molar-refractivity contribution in [2.24, 2.45) is 5.92 Å². The van der Waals surface area contributed by atoms with Gasteiger partial charge in [0.15, 0.2) is 5.11 Å². The smallest absolute Gasteiger partial charge is 0.234 e. The predicted octanol–water partition coefficient (Wildman–Crippen LogP) is 6.19. The molecule has 3 aromatic rings. The monoisotopic (exact) mass is 551 g/mol. The number of ether oxygens (including phenoxy) is 2. The fourth-order valence-electron chi connectivity index (χ4n) is 5.22. The van der Waals surface area contributed by atoms with Crippen LogP contribution < -0.4 is 20.3 Å². The van der Waals surface area contributed by atoms with Gasteiger partial charge in [0, 0.05) is 49.4 Å². The maximum atomic E-state index is 6.16. The van der Waals surface area contributed by atoms with Crippen LogP contribution in [-0.4, -0.2) is 47.9 Å². The molecule has 0 saturated carbocycles. The van der Waals surface area contributed by atoms with Gasteiger partial charge in [-0.2, -0.15) is 9.97 Å². The molecule has 2 fully saturated rings. The van der Waals surface area contributed by atoms with Crippen molar-refractivity contribution in [3.8, 4) is 11.6 Å². The second kappa shape index (κ2) is 12.3. The third-order valence-corrected chi connectivity index (χ3v) is 7.85. The molecule has 2 aliphatic heterocycles. The van der Waals surface area contributed by atoms with Crippen LogP contribution in [0.4, 0.5) is 11.8 Å². The van der Waals surface area contributed by atoms with Gasteiger partial charge in [-0.1, -0.05) is 48.9 Å². The summed E-state index contributed by atoms with van der Waals surface area (Å²) in [6, 6.07) is 19.7. The zero-order valence-electron chi connectivity index (χ0n) is 21.7. The second-order valence-electron chi connectivity index (χ2n) is 10.2. The van der Waals surface area contributed by atoms with E-state index < -0.39 is 0 Å². The molecule has 0 spiro atoms. The summed E-state index contributed by atoms with van der Waals surface area (Å²) in [7, 11) is 0. The number of nitrogens with zero attached hydrogens (tertiary/aromatic N) is 3. The van der Waals surface area contributed by atoms with E-state index in [1.54, 1.807) is 0 Å². The summed E-state index contributed by atoms with van der Waals surface area (Å²) in [5, 5.41) is 7.85. The maximum Gasteiger partial charge on any atom is 0.234 e. The molecular formula is C29H34ClN5O2S. The molecule has 2 aliphatic rings. The van der Waals surface area contributed by atoms with Crippen LogP contribution in [-0.2, 0) is 10.2 Å². The average Bonchev–Trinajstić information content (AvgIpc) is 2.93. The van der Waals surface area contributed by atoms with E-state index in [9.17, 15) is 0 Å². The highest BCUT2D eigenvalue weighted by Crippen LogP contribution is 2.35. The lowest BCUT2D eigenvalue weighted by Crippen LogP contribution is -2.45. The van der Waals surface area contributed by atoms with Crippen LogP contribution in [0.2, 0.25) is 5.02 Å². The summed E-state index contributed by atoms with van der Waals surface area (Å²) in [6.45, 7) is 6.28. The van der Waals surface area contributed by atoms with Crippen LogP contribution in [0.15, 0.2) is 60.7 Å². The molecule has 0 amide bonds. The Morgan fingerprint density at radius 1 is 1.13 bits per heavy atom. The Morgan fingerprint density at radius 2 is 1.89 bits per heavy atom. The van der Waals surface area contributed by atoms with Crippen LogP contribution in [0, 0.1) is 5.92 Å². The molecular weight excluding hydrogens is 518 g/mol. The first-order valence-corrected chi connectivity index (χ1v) is 14.0. The van der Waals surface area contributed by atoms with Crippen LogP contribution in [0.5, 0.6) is 11.6 Å². The van der Waals surface area contributed by atoms with E-state index >= 15 is 0 Å². The molecule has 0 bridgehead atoms. The van der Waals surface area contributed by atoms with Crippen molar-refractivity contribution in [2.45, 2.75) is 38.0 Å². The fourth-order valence-corrected chi connectivity index (χ4v) is 5.51. The van der Waals surface area contributed by atoms with Gasteiger partial charge in [0.1, 0.15) is 11.6 Å². The molecule has 7 nitrogen and oxygen atoms in total. The quantitative estimate of drug-likeness (QED) is 0.337. The number of aromatic nitrogens is 2. The lowest BCUT2D eigenvalue weighted by Gasteiger charge is -2.38. The number of hydrogen-bond donors (Lipinski definition) is 2. The number of para-hydroxylation sites is 1. The molecule has 2 saturated heterocycles. The second-order valence-corrected chi connectivity index (χ2v) is 11.0. The van der Waals surface area contributed by atoms with Gasteiger partial charge >= 0.3 is 0 Å². The lowest BCUT2D eigenvalue weighted by molar-refractivity contribution is 0.0515. The molecule has 5 rings (SSSR count). The molecule has 3 heterocycles. The Morgan fingerprint density at radius 3 is 2.63 bits per heavy atom. The minimum Gasteiger partial charge on any atom is -0.439 e. The molecule has 0 unspecified atom stereocenters. The normalized spacial score (nSPS) is 19.0. The van der Waals surface area contributed by atoms with Gasteiger partial charge in [-0.25, -0.2) is 0 Å². The maximum absolute atomic E-state index is 6.16. The number of rotatable bonds is 7. The molecule has 0 aliphatic carbocycles. The minimum atomic E-state index is -0.0944. The van der Waals surface area contributed by atoms with Crippen LogP contribution in [0.25, 0.3) is 0 Å². The number of halogens is 1. The van der Waals surface area contributed by atoms with Crippen LogP contribution in [0.1, 0.15) is 38.2 Å². The third kappa shape index (κ3) is 6.73. The lowest BCUT2D eigenvalue weighted by atomic mass is 9.74. The highest BCUT2D eigenvalue weighted by atomic mass is 35.5. The topological polar surface area (TPSA) is 71.5 Å². The third-order valence-electron chi connectivity index (χ3n) is 7.35. The van der Waals surface area contributed by atoms with Crippen molar-refractivity contribution in [3.05, 3.63) is 71.2 Å². The number of thiocarbonyl (C=S) groups is 1. The fraction of sp³-hybridized carbons (Fsp3) is 0.414. The standard InChI is InChI=1S/C29H34ClN5O2S/c1-21-6-5-15-35(19-21)25-18-26(37-24-7-3-2-4-8-24)33-27(32-25)34-28(38)31-20-29(13-16-36-17-14-29)22-9-11-23(30)12-10-22/h2-4,7-12,18,21H,5-6,13-17,19-20H2,1H3,(H2,31,32,33,34,38)/t21-/m0/s1. The van der Waals surface area contributed by atoms with Gasteiger partial charge < -0.3 is 25.0 Å². The van der Waals surface area contributed by atoms with Crippen molar-refractivity contribution in [1.82, 2.24) is 15.3 Å². The van der Waals surface area contributed by atoms with E-state index in [1.807, 2.05) is 48.5 Å². The predicted molar refractivity (Wildman–Crippen MR) is 157 cm³/mol. The van der Waals surface area contributed by atoms with E-state index in [0.717, 1.165) is 48.9 Å². The molecule has 9 heteroatoms. The van der Waals surface area contributed by atoms with E-state index in [2.05, 4.69) is 39.6 Å². The molecule has 2 N–H and O–H groups in total. The summed E-state index contributed by atoms with van der Waals surface area (Å²) in [5.41, 5.74) is 1.14. The van der Waals surface area contributed by atoms with Gasteiger partial charge in [-0.3, -0.25) is 0 Å². The number of hydrogen-bond acceptors (Lipinski definition) is 6. The molecule has 1 aromatic heterocycles. The SMILES string of the molecule is C[C@H]1CCCN(c2cc(Oc3ccccc3)nc(NC(=S)NCC3(c4ccc(Cl)cc4)CCOCC3)n2)C1. The van der Waals surface area contributed by atoms with Gasteiger partial charge in [0.2, 0.25) is 11.8 Å². The summed E-state index contributed by atoms with van der Waals surface area (Å²) in [5.74, 6) is 3.06. The van der Waals surface area contributed by atoms with E-state index in [0.29, 0.717) is 42.6 Å². The first kappa shape index (κ1) is 26.7. The van der Waals surface area contributed by atoms with Crippen LogP contribution >= 0.6 is 23.8 Å². The van der Waals surface area contributed by atoms with Gasteiger partial charge in [-0.05, 0) is 73.6 Å². The molecule has 0 radical (unpaired) electrons. The molecule has 38 heavy (non-hydrogen) atoms. The Hall–Kier alpha value is -2.94. The van der Waals surface area contributed by atoms with E-state index in [1.165, 1.54) is 12.0 Å². The zero-order valence-corrected chi connectivity index (χ0v) is 23.2. The van der Waals surface area contributed by atoms with Crippen molar-refractivity contribution in [3.63, 3.8) is 0 Å². The van der Waals surface area contributed by atoms with Crippen molar-refractivity contribution < 1.29 is 9.47 Å². The van der Waals surface area contributed by atoms with Crippen molar-refractivity contribution in [1.29, 1.82) is 0 Å². The van der Waals surface area contributed by atoms with Gasteiger partial charge in [0.25, 0.3) is 0 Å². The number of anilines is 2. The highest BCUT2D eigenvalue weighted by Gasteiger charge is 2.34. The molecule has 200 valence electrons. The number of nitrogens with one attached hydrogen (secondary N) is 2. The highest BCUT2D eigenvalue weighted by molar-refractivity contribution is 7.80. The van der Waals surface area contributed by atoms with E-state index in [4.69, 9.17) is 38.3 Å². The first-order valence-electron chi connectivity index (χ1n) is 13.2. The Balaban J connectivity index is 1.33. The largest absolute Gasteiger partial charge is 0.439 e. The number of benzene rings is 2. The summed E-state index contributed by atoms with van der Waals surface area (Å²) >= 11 is 11.9. The van der Waals surface area contributed by atoms with E-state index in [-0.39, 0.29) is 5.41 Å². The Kier molecular flexibility index (Phi) is 8.61. The summed E-state index contributed by atoms with van der Waals surface area (Å²) in [4.78, 5) is 11.7. The summed E-state index contributed by atoms with van der Waals surface area (Å²) < 4.78 is 11.8. The zero-order chi connectivity index (χ0) is 26.4. The van der Waals surface area contributed by atoms with Gasteiger partial charge in [0.05, 0.1) is 0 Å². The van der Waals surface area contributed by atoms with Crippen LogP contribution in [0.3, 0.4) is 0 Å². The minimum absolute atomic E-state index is 0.0944. The number of piperidine rings is 1. The molecule has 2 aromatic carbocycles. The van der Waals surface area contributed by atoms with Gasteiger partial charge in [-0.15, -0.1) is 0 Å². The Bertz CT molecular complexity index is 1220. The van der Waals surface area contributed by atoms with Crippen molar-refractivity contribution >= 4 is 40.7 Å². The summed E-state index contributed by atoms with van der Waals surface area (Å²) in [6.07, 6.45) is 4.17. The first-order chi connectivity index (χ1) is 18.5. The molecule has 1 atom stereocenters. The Labute approximate surface area is 234 Å². The van der Waals surface area contributed by atoms with Crippen molar-refractivity contribution in [2.75, 3.05) is 43.1 Å². The average molecular weight is 552 g/mol.